The zero-order valence-electron chi connectivity index (χ0n) is 7.78. The number of amides is 1. The van der Waals surface area contributed by atoms with E-state index >= 15 is 0 Å². The molecule has 0 N–H and O–H groups in total. The lowest BCUT2D eigenvalue weighted by molar-refractivity contribution is -0.147. The van der Waals surface area contributed by atoms with E-state index in [9.17, 15) is 14.4 Å². The third-order valence-electron chi connectivity index (χ3n) is 1.78. The minimum absolute atomic E-state index is 0.135. The minimum atomic E-state index is -0.594. The Hall–Kier alpha value is -1.65. The molecule has 1 rings (SSSR count). The summed E-state index contributed by atoms with van der Waals surface area (Å²) < 4.78 is 4.63. The highest BCUT2D eigenvalue weighted by Crippen LogP contribution is 2.10. The first-order valence-corrected chi connectivity index (χ1v) is 4.16. The van der Waals surface area contributed by atoms with Crippen molar-refractivity contribution in [1.82, 2.24) is 4.90 Å². The molecule has 0 aromatic carbocycles. The Labute approximate surface area is 81.3 Å². The molecule has 1 aliphatic rings. The second-order valence-electron chi connectivity index (χ2n) is 2.80. The summed E-state index contributed by atoms with van der Waals surface area (Å²) in [6.07, 6.45) is 0. The number of likely N-dealkylation sites (tertiary alicyclic amines) is 1. The van der Waals surface area contributed by atoms with Gasteiger partial charge in [-0.2, -0.15) is 0 Å². The number of esters is 1. The Morgan fingerprint density at radius 3 is 2.64 bits per heavy atom. The normalized spacial score (nSPS) is 16.4. The third-order valence-corrected chi connectivity index (χ3v) is 1.78. The molecule has 0 atom stereocenters. The molecular formula is C9H10NO4. The number of hydrogen-bond donors (Lipinski definition) is 0. The molecule has 1 heterocycles. The fraction of sp³-hybridized carbons (Fsp3) is 0.444. The molecule has 5 nitrogen and oxygen atoms in total. The van der Waals surface area contributed by atoms with Crippen LogP contribution in [0.4, 0.5) is 0 Å². The number of ketones is 1. The zero-order valence-corrected chi connectivity index (χ0v) is 7.78. The van der Waals surface area contributed by atoms with Crippen molar-refractivity contribution in [2.24, 2.45) is 0 Å². The molecule has 75 valence electrons. The van der Waals surface area contributed by atoms with Crippen LogP contribution in [0, 0.1) is 6.58 Å². The topological polar surface area (TPSA) is 63.7 Å². The van der Waals surface area contributed by atoms with Crippen molar-refractivity contribution in [2.45, 2.75) is 6.92 Å². The summed E-state index contributed by atoms with van der Waals surface area (Å²) in [4.78, 5) is 34.2. The molecule has 5 heteroatoms. The summed E-state index contributed by atoms with van der Waals surface area (Å²) in [7, 11) is 0. The molecule has 0 saturated carbocycles. The van der Waals surface area contributed by atoms with Crippen molar-refractivity contribution in [3.8, 4) is 0 Å². The van der Waals surface area contributed by atoms with Crippen molar-refractivity contribution in [2.75, 3.05) is 19.7 Å². The Morgan fingerprint density at radius 2 is 2.21 bits per heavy atom. The van der Waals surface area contributed by atoms with Gasteiger partial charge in [0, 0.05) is 0 Å². The van der Waals surface area contributed by atoms with E-state index in [1.807, 2.05) is 0 Å². The lowest BCUT2D eigenvalue weighted by atomic mass is 10.2. The lowest BCUT2D eigenvalue weighted by Crippen LogP contribution is -2.32. The van der Waals surface area contributed by atoms with Gasteiger partial charge < -0.3 is 9.64 Å². The van der Waals surface area contributed by atoms with Crippen LogP contribution < -0.4 is 0 Å². The lowest BCUT2D eigenvalue weighted by Gasteiger charge is -2.12. The summed E-state index contributed by atoms with van der Waals surface area (Å²) >= 11 is 0. The van der Waals surface area contributed by atoms with E-state index in [-0.39, 0.29) is 25.3 Å². The summed E-state index contributed by atoms with van der Waals surface area (Å²) in [6.45, 7) is 6.73. The van der Waals surface area contributed by atoms with E-state index < -0.39 is 17.7 Å². The number of Topliss-reactive ketones (excluding diaryl/α,β-unsaturated/α-hetero) is 1. The van der Waals surface area contributed by atoms with Crippen molar-refractivity contribution < 1.29 is 19.1 Å². The van der Waals surface area contributed by atoms with Gasteiger partial charge in [-0.25, -0.2) is 0 Å². The SMILES string of the molecule is [CH]=C1C(=O)CN(CC(=O)OCC)C1=O. The number of nitrogens with zero attached hydrogens (tertiary/aromatic N) is 1. The van der Waals surface area contributed by atoms with Gasteiger partial charge in [-0.1, -0.05) is 0 Å². The maximum absolute atomic E-state index is 11.2. The maximum Gasteiger partial charge on any atom is 0.325 e. The van der Waals surface area contributed by atoms with Crippen LogP contribution in [0.2, 0.25) is 0 Å². The molecule has 0 bridgehead atoms. The van der Waals surface area contributed by atoms with E-state index in [0.29, 0.717) is 0 Å². The molecule has 1 amide bonds. The predicted octanol–water partition coefficient (Wildman–Crippen LogP) is -0.680. The van der Waals surface area contributed by atoms with Gasteiger partial charge in [-0.05, 0) is 13.5 Å². The summed E-state index contributed by atoms with van der Waals surface area (Å²) in [5.74, 6) is -1.58. The Kier molecular flexibility index (Phi) is 3.01. The second-order valence-corrected chi connectivity index (χ2v) is 2.80. The van der Waals surface area contributed by atoms with Crippen LogP contribution in [-0.2, 0) is 19.1 Å². The number of rotatable bonds is 3. The highest BCUT2D eigenvalue weighted by atomic mass is 16.5. The molecular weight excluding hydrogens is 186 g/mol. The number of ether oxygens (including phenoxy) is 1. The smallest absolute Gasteiger partial charge is 0.325 e. The molecule has 14 heavy (non-hydrogen) atoms. The highest BCUT2D eigenvalue weighted by Gasteiger charge is 2.33. The average molecular weight is 196 g/mol. The van der Waals surface area contributed by atoms with E-state index in [1.165, 1.54) is 0 Å². The van der Waals surface area contributed by atoms with Gasteiger partial charge in [0.15, 0.2) is 5.78 Å². The summed E-state index contributed by atoms with van der Waals surface area (Å²) in [6, 6.07) is 0. The largest absolute Gasteiger partial charge is 0.465 e. The number of hydrogen-bond acceptors (Lipinski definition) is 4. The van der Waals surface area contributed by atoms with Crippen LogP contribution in [0.5, 0.6) is 0 Å². The monoisotopic (exact) mass is 196 g/mol. The third kappa shape index (κ3) is 1.99. The van der Waals surface area contributed by atoms with E-state index in [1.54, 1.807) is 6.92 Å². The molecule has 1 saturated heterocycles. The van der Waals surface area contributed by atoms with Crippen molar-refractivity contribution >= 4 is 17.7 Å². The first-order valence-electron chi connectivity index (χ1n) is 4.16. The molecule has 1 aliphatic heterocycles. The van der Waals surface area contributed by atoms with Crippen LogP contribution in [0.3, 0.4) is 0 Å². The molecule has 0 aromatic heterocycles. The second kappa shape index (κ2) is 4.04. The standard InChI is InChI=1S/C9H10NO4/c1-3-14-8(12)5-10-4-7(11)6(2)9(10)13/h2H,3-5H2,1H3. The Balaban J connectivity index is 2.56. The fourth-order valence-electron chi connectivity index (χ4n) is 1.11. The van der Waals surface area contributed by atoms with Crippen molar-refractivity contribution in [1.29, 1.82) is 0 Å². The Bertz CT molecular complexity index is 308. The van der Waals surface area contributed by atoms with Crippen LogP contribution in [-0.4, -0.2) is 42.3 Å². The Morgan fingerprint density at radius 1 is 1.57 bits per heavy atom. The maximum atomic E-state index is 11.2. The molecule has 0 aromatic rings. The fourth-order valence-corrected chi connectivity index (χ4v) is 1.11. The molecule has 1 radical (unpaired) electrons. The van der Waals surface area contributed by atoms with Crippen molar-refractivity contribution in [3.05, 3.63) is 12.2 Å². The molecule has 0 aliphatic carbocycles. The van der Waals surface area contributed by atoms with Gasteiger partial charge in [-0.15, -0.1) is 0 Å². The first kappa shape index (κ1) is 10.4. The molecule has 0 spiro atoms. The van der Waals surface area contributed by atoms with Gasteiger partial charge >= 0.3 is 5.97 Å². The van der Waals surface area contributed by atoms with Gasteiger partial charge in [0.25, 0.3) is 5.91 Å². The van der Waals surface area contributed by atoms with Crippen LogP contribution in [0.1, 0.15) is 6.92 Å². The molecule has 1 fully saturated rings. The van der Waals surface area contributed by atoms with Gasteiger partial charge in [0.05, 0.1) is 18.7 Å². The number of carbonyl (C=O) groups excluding carboxylic acids is 3. The van der Waals surface area contributed by atoms with E-state index in [4.69, 9.17) is 6.58 Å². The van der Waals surface area contributed by atoms with E-state index in [2.05, 4.69) is 4.74 Å². The number of carbonyl (C=O) groups is 3. The van der Waals surface area contributed by atoms with Crippen LogP contribution in [0.15, 0.2) is 5.57 Å². The quantitative estimate of drug-likeness (QED) is 0.341. The van der Waals surface area contributed by atoms with Gasteiger partial charge in [0.1, 0.15) is 6.54 Å². The van der Waals surface area contributed by atoms with E-state index in [0.717, 1.165) is 4.90 Å². The average Bonchev–Trinajstić information content (AvgIpc) is 2.34. The van der Waals surface area contributed by atoms with Crippen LogP contribution >= 0.6 is 0 Å². The first-order chi connectivity index (χ1) is 6.56. The molecule has 0 unspecified atom stereocenters. The minimum Gasteiger partial charge on any atom is -0.465 e. The summed E-state index contributed by atoms with van der Waals surface area (Å²) in [5, 5.41) is 0. The van der Waals surface area contributed by atoms with Gasteiger partial charge in [-0.3, -0.25) is 14.4 Å². The zero-order chi connectivity index (χ0) is 10.7. The van der Waals surface area contributed by atoms with Gasteiger partial charge in [0.2, 0.25) is 0 Å². The van der Waals surface area contributed by atoms with Crippen molar-refractivity contribution in [3.63, 3.8) is 0 Å². The van der Waals surface area contributed by atoms with Crippen LogP contribution in [0.25, 0.3) is 0 Å². The highest BCUT2D eigenvalue weighted by molar-refractivity contribution is 6.24. The predicted molar refractivity (Wildman–Crippen MR) is 46.0 cm³/mol. The summed E-state index contributed by atoms with van der Waals surface area (Å²) in [5.41, 5.74) is -0.311.